The van der Waals surface area contributed by atoms with Crippen molar-refractivity contribution in [3.05, 3.63) is 30.3 Å². The third kappa shape index (κ3) is 6.19. The number of hydrogen-bond acceptors (Lipinski definition) is 7. The molecule has 8 nitrogen and oxygen atoms in total. The summed E-state index contributed by atoms with van der Waals surface area (Å²) in [6.45, 7) is 1.02. The van der Waals surface area contributed by atoms with Crippen molar-refractivity contribution in [3.63, 3.8) is 0 Å². The van der Waals surface area contributed by atoms with E-state index >= 15 is 0 Å². The van der Waals surface area contributed by atoms with Crippen molar-refractivity contribution < 1.29 is 18.7 Å². The van der Waals surface area contributed by atoms with E-state index in [1.54, 1.807) is 23.2 Å². The van der Waals surface area contributed by atoms with Crippen LogP contribution in [0.2, 0.25) is 0 Å². The van der Waals surface area contributed by atoms with Crippen LogP contribution in [0, 0.1) is 5.82 Å². The molecule has 1 aliphatic carbocycles. The summed E-state index contributed by atoms with van der Waals surface area (Å²) in [5, 5.41) is 3.33. The molecule has 4 rings (SSSR count). The van der Waals surface area contributed by atoms with Crippen molar-refractivity contribution in [2.75, 3.05) is 23.9 Å². The SMILES string of the molecule is COC=O.O=C1CCCCN1c1cc(-c2nc(NC3CCCCC3)ncc2F)ccn1. The largest absolute Gasteiger partial charge is 0.471 e. The van der Waals surface area contributed by atoms with Gasteiger partial charge in [-0.25, -0.2) is 19.3 Å². The highest BCUT2D eigenvalue weighted by molar-refractivity contribution is 5.93. The quantitative estimate of drug-likeness (QED) is 0.723. The Bertz CT molecular complexity index is 889. The summed E-state index contributed by atoms with van der Waals surface area (Å²) >= 11 is 0. The minimum atomic E-state index is -0.480. The number of carbonyl (C=O) groups is 2. The van der Waals surface area contributed by atoms with Crippen molar-refractivity contribution in [2.45, 2.75) is 57.4 Å². The number of piperidine rings is 1. The molecule has 1 amide bonds. The summed E-state index contributed by atoms with van der Waals surface area (Å²) in [5.41, 5.74) is 0.835. The van der Waals surface area contributed by atoms with Gasteiger partial charge in [0.25, 0.3) is 6.47 Å². The number of anilines is 2. The van der Waals surface area contributed by atoms with Crippen molar-refractivity contribution in [1.82, 2.24) is 15.0 Å². The molecule has 166 valence electrons. The average molecular weight is 429 g/mol. The molecule has 31 heavy (non-hydrogen) atoms. The molecule has 0 spiro atoms. The van der Waals surface area contributed by atoms with Gasteiger partial charge in [0.15, 0.2) is 5.82 Å². The Labute approximate surface area is 181 Å². The van der Waals surface area contributed by atoms with Gasteiger partial charge < -0.3 is 10.1 Å². The number of hydrogen-bond donors (Lipinski definition) is 1. The molecule has 2 aromatic heterocycles. The number of nitrogens with zero attached hydrogens (tertiary/aromatic N) is 4. The predicted molar refractivity (Wildman–Crippen MR) is 115 cm³/mol. The monoisotopic (exact) mass is 429 g/mol. The van der Waals surface area contributed by atoms with E-state index in [1.165, 1.54) is 32.6 Å². The van der Waals surface area contributed by atoms with Crippen LogP contribution in [0.4, 0.5) is 16.2 Å². The van der Waals surface area contributed by atoms with Crippen molar-refractivity contribution >= 4 is 24.1 Å². The van der Waals surface area contributed by atoms with Crippen LogP contribution in [0.5, 0.6) is 0 Å². The molecule has 0 atom stereocenters. The highest BCUT2D eigenvalue weighted by atomic mass is 19.1. The van der Waals surface area contributed by atoms with Crippen molar-refractivity contribution in [3.8, 4) is 11.3 Å². The van der Waals surface area contributed by atoms with E-state index in [0.29, 0.717) is 42.8 Å². The lowest BCUT2D eigenvalue weighted by atomic mass is 9.96. The van der Waals surface area contributed by atoms with Crippen LogP contribution in [0.1, 0.15) is 51.4 Å². The normalized spacial score (nSPS) is 16.8. The first-order chi connectivity index (χ1) is 15.1. The number of aromatic nitrogens is 3. The molecule has 1 saturated heterocycles. The maximum atomic E-state index is 14.4. The molecule has 2 aromatic rings. The van der Waals surface area contributed by atoms with Gasteiger partial charge in [-0.1, -0.05) is 19.3 Å². The number of rotatable bonds is 5. The summed E-state index contributed by atoms with van der Waals surface area (Å²) in [6, 6.07) is 3.79. The van der Waals surface area contributed by atoms with Gasteiger partial charge in [-0.2, -0.15) is 0 Å². The maximum absolute atomic E-state index is 14.4. The summed E-state index contributed by atoms with van der Waals surface area (Å²) < 4.78 is 18.3. The zero-order valence-electron chi connectivity index (χ0n) is 17.7. The first-order valence-electron chi connectivity index (χ1n) is 10.6. The van der Waals surface area contributed by atoms with E-state index in [4.69, 9.17) is 4.79 Å². The highest BCUT2D eigenvalue weighted by Crippen LogP contribution is 2.27. The number of halogens is 1. The minimum absolute atomic E-state index is 0.0636. The molecule has 1 aliphatic heterocycles. The summed E-state index contributed by atoms with van der Waals surface area (Å²) in [6.07, 6.45) is 11.0. The second-order valence-corrected chi connectivity index (χ2v) is 7.61. The standard InChI is InChI=1S/C20H24FN5O.C2H4O2/c21-16-13-23-20(24-15-6-2-1-3-7-15)25-19(16)14-9-10-22-17(12-14)26-11-5-4-8-18(26)27;1-4-2-3/h9-10,12-13,15H,1-8,11H2,(H,23,24,25);2H,1H3. The van der Waals surface area contributed by atoms with Gasteiger partial charge in [0.2, 0.25) is 11.9 Å². The molecule has 9 heteroatoms. The van der Waals surface area contributed by atoms with Crippen molar-refractivity contribution in [1.29, 1.82) is 0 Å². The molecule has 1 saturated carbocycles. The van der Waals surface area contributed by atoms with E-state index in [1.807, 2.05) is 0 Å². The maximum Gasteiger partial charge on any atom is 0.292 e. The van der Waals surface area contributed by atoms with Crippen LogP contribution in [0.3, 0.4) is 0 Å². The molecule has 0 unspecified atom stereocenters. The van der Waals surface area contributed by atoms with E-state index < -0.39 is 5.82 Å². The zero-order valence-corrected chi connectivity index (χ0v) is 17.7. The van der Waals surface area contributed by atoms with E-state index in [-0.39, 0.29) is 11.6 Å². The van der Waals surface area contributed by atoms with Gasteiger partial charge in [-0.15, -0.1) is 0 Å². The lowest BCUT2D eigenvalue weighted by Crippen LogP contribution is -2.35. The Kier molecular flexibility index (Phi) is 8.26. The van der Waals surface area contributed by atoms with Gasteiger partial charge in [0, 0.05) is 30.8 Å². The van der Waals surface area contributed by atoms with Crippen LogP contribution < -0.4 is 10.2 Å². The van der Waals surface area contributed by atoms with E-state index in [9.17, 15) is 9.18 Å². The Balaban J connectivity index is 0.000000628. The first kappa shape index (κ1) is 22.6. The Morgan fingerprint density at radius 2 is 1.97 bits per heavy atom. The highest BCUT2D eigenvalue weighted by Gasteiger charge is 2.22. The molecule has 3 heterocycles. The smallest absolute Gasteiger partial charge is 0.292 e. The molecule has 0 bridgehead atoms. The van der Waals surface area contributed by atoms with Gasteiger partial charge in [-0.05, 0) is 37.8 Å². The van der Waals surface area contributed by atoms with Gasteiger partial charge in [0.05, 0.1) is 13.3 Å². The number of pyridine rings is 1. The molecule has 0 aromatic carbocycles. The zero-order chi connectivity index (χ0) is 22.1. The van der Waals surface area contributed by atoms with Gasteiger partial charge >= 0.3 is 0 Å². The van der Waals surface area contributed by atoms with Gasteiger partial charge in [0.1, 0.15) is 11.5 Å². The molecule has 1 N–H and O–H groups in total. The Hall–Kier alpha value is -3.10. The molecular weight excluding hydrogens is 401 g/mol. The molecule has 0 radical (unpaired) electrons. The van der Waals surface area contributed by atoms with Crippen LogP contribution in [-0.2, 0) is 14.3 Å². The fraction of sp³-hybridized carbons (Fsp3) is 0.500. The number of amides is 1. The number of methoxy groups -OCH3 is 1. The van der Waals surface area contributed by atoms with Crippen LogP contribution in [0.15, 0.2) is 24.5 Å². The number of nitrogens with one attached hydrogen (secondary N) is 1. The molecule has 2 aliphatic rings. The lowest BCUT2D eigenvalue weighted by molar-refractivity contribution is -0.126. The second-order valence-electron chi connectivity index (χ2n) is 7.61. The first-order valence-corrected chi connectivity index (χ1v) is 10.6. The van der Waals surface area contributed by atoms with Crippen molar-refractivity contribution in [2.24, 2.45) is 0 Å². The third-order valence-electron chi connectivity index (χ3n) is 5.40. The summed E-state index contributed by atoms with van der Waals surface area (Å²) in [4.78, 5) is 35.6. The van der Waals surface area contributed by atoms with Crippen LogP contribution in [-0.4, -0.2) is 47.0 Å². The summed E-state index contributed by atoms with van der Waals surface area (Å²) in [7, 11) is 1.31. The van der Waals surface area contributed by atoms with Crippen LogP contribution in [0.25, 0.3) is 11.3 Å². The lowest BCUT2D eigenvalue weighted by Gasteiger charge is -2.26. The topological polar surface area (TPSA) is 97.3 Å². The molecular formula is C22H28FN5O3. The Morgan fingerprint density at radius 1 is 1.19 bits per heavy atom. The van der Waals surface area contributed by atoms with E-state index in [2.05, 4.69) is 25.0 Å². The number of carbonyl (C=O) groups excluding carboxylic acids is 2. The van der Waals surface area contributed by atoms with Gasteiger partial charge in [-0.3, -0.25) is 14.5 Å². The minimum Gasteiger partial charge on any atom is -0.471 e. The fourth-order valence-electron chi connectivity index (χ4n) is 3.83. The second kappa shape index (κ2) is 11.3. The average Bonchev–Trinajstić information content (AvgIpc) is 2.81. The predicted octanol–water partition coefficient (Wildman–Crippen LogP) is 3.73. The summed E-state index contributed by atoms with van der Waals surface area (Å²) in [5.74, 6) is 0.586. The third-order valence-corrected chi connectivity index (χ3v) is 5.40. The van der Waals surface area contributed by atoms with Crippen LogP contribution >= 0.6 is 0 Å². The van der Waals surface area contributed by atoms with E-state index in [0.717, 1.165) is 25.7 Å². The Morgan fingerprint density at radius 3 is 2.68 bits per heavy atom. The fourth-order valence-corrected chi connectivity index (χ4v) is 3.83. The number of ether oxygens (including phenoxy) is 1. The molecule has 2 fully saturated rings.